The zero-order chi connectivity index (χ0) is 11.2. The van der Waals surface area contributed by atoms with Gasteiger partial charge in [-0.1, -0.05) is 6.08 Å². The SMILES string of the molecule is C=CCN1OC2(CC1=O)CN1CCC2CC1. The lowest BCUT2D eigenvalue weighted by molar-refractivity contribution is -0.235. The third kappa shape index (κ3) is 1.40. The minimum absolute atomic E-state index is 0.119. The van der Waals surface area contributed by atoms with Crippen molar-refractivity contribution in [3.63, 3.8) is 0 Å². The van der Waals surface area contributed by atoms with Crippen LogP contribution in [0, 0.1) is 5.92 Å². The quantitative estimate of drug-likeness (QED) is 0.648. The highest BCUT2D eigenvalue weighted by atomic mass is 16.7. The fourth-order valence-electron chi connectivity index (χ4n) is 3.33. The summed E-state index contributed by atoms with van der Waals surface area (Å²) >= 11 is 0. The van der Waals surface area contributed by atoms with Gasteiger partial charge in [0.05, 0.1) is 13.0 Å². The molecule has 0 aromatic carbocycles. The molecule has 4 aliphatic rings. The summed E-state index contributed by atoms with van der Waals surface area (Å²) in [6.45, 7) is 7.43. The monoisotopic (exact) mass is 222 g/mol. The van der Waals surface area contributed by atoms with Gasteiger partial charge in [-0.2, -0.15) is 0 Å². The van der Waals surface area contributed by atoms with E-state index in [4.69, 9.17) is 4.84 Å². The smallest absolute Gasteiger partial charge is 0.249 e. The van der Waals surface area contributed by atoms with E-state index in [2.05, 4.69) is 11.5 Å². The minimum Gasteiger partial charge on any atom is -0.300 e. The first-order chi connectivity index (χ1) is 7.73. The van der Waals surface area contributed by atoms with Gasteiger partial charge in [0.15, 0.2) is 0 Å². The molecule has 0 radical (unpaired) electrons. The first-order valence-corrected chi connectivity index (χ1v) is 6.06. The maximum absolute atomic E-state index is 11.8. The molecular weight excluding hydrogens is 204 g/mol. The third-order valence-corrected chi connectivity index (χ3v) is 4.14. The van der Waals surface area contributed by atoms with Crippen LogP contribution in [0.15, 0.2) is 12.7 Å². The number of rotatable bonds is 2. The standard InChI is InChI=1S/C12H18N2O2/c1-2-5-14-11(15)8-12(16-14)9-13-6-3-10(12)4-7-13/h2,10H,1,3-9H2. The molecule has 4 saturated heterocycles. The zero-order valence-corrected chi connectivity index (χ0v) is 9.52. The number of carbonyl (C=O) groups excluding carboxylic acids is 1. The molecule has 0 aromatic rings. The predicted octanol–water partition coefficient (Wildman–Crippen LogP) is 0.801. The van der Waals surface area contributed by atoms with Gasteiger partial charge < -0.3 is 4.90 Å². The van der Waals surface area contributed by atoms with Crippen molar-refractivity contribution < 1.29 is 9.63 Å². The lowest BCUT2D eigenvalue weighted by Gasteiger charge is -2.49. The Bertz CT molecular complexity index is 323. The van der Waals surface area contributed by atoms with Gasteiger partial charge in [-0.3, -0.25) is 9.63 Å². The number of hydrogen-bond donors (Lipinski definition) is 0. The van der Waals surface area contributed by atoms with E-state index in [1.807, 2.05) is 0 Å². The van der Waals surface area contributed by atoms with Crippen LogP contribution in [0.25, 0.3) is 0 Å². The lowest BCUT2D eigenvalue weighted by Crippen LogP contribution is -2.59. The summed E-state index contributed by atoms with van der Waals surface area (Å²) in [5.74, 6) is 0.685. The Kier molecular flexibility index (Phi) is 2.30. The molecule has 1 spiro atoms. The van der Waals surface area contributed by atoms with Gasteiger partial charge in [-0.25, -0.2) is 5.06 Å². The van der Waals surface area contributed by atoms with E-state index >= 15 is 0 Å². The van der Waals surface area contributed by atoms with E-state index < -0.39 is 0 Å². The van der Waals surface area contributed by atoms with Crippen LogP contribution >= 0.6 is 0 Å². The molecule has 0 aliphatic carbocycles. The predicted molar refractivity (Wildman–Crippen MR) is 59.5 cm³/mol. The van der Waals surface area contributed by atoms with Crippen molar-refractivity contribution in [3.05, 3.63) is 12.7 Å². The molecule has 4 heteroatoms. The van der Waals surface area contributed by atoms with Gasteiger partial charge >= 0.3 is 0 Å². The summed E-state index contributed by atoms with van der Waals surface area (Å²) in [6.07, 6.45) is 4.63. The lowest BCUT2D eigenvalue weighted by atomic mass is 9.74. The molecule has 1 amide bonds. The fourth-order valence-corrected chi connectivity index (χ4v) is 3.33. The second kappa shape index (κ2) is 3.57. The van der Waals surface area contributed by atoms with Crippen molar-refractivity contribution in [1.82, 2.24) is 9.96 Å². The minimum atomic E-state index is -0.212. The highest BCUT2D eigenvalue weighted by Crippen LogP contribution is 2.44. The summed E-state index contributed by atoms with van der Waals surface area (Å²) in [7, 11) is 0. The number of carbonyl (C=O) groups is 1. The topological polar surface area (TPSA) is 32.8 Å². The number of piperidine rings is 3. The molecule has 0 N–H and O–H groups in total. The molecule has 1 unspecified atom stereocenters. The van der Waals surface area contributed by atoms with E-state index in [9.17, 15) is 4.79 Å². The van der Waals surface area contributed by atoms with Gasteiger partial charge in [-0.15, -0.1) is 6.58 Å². The van der Waals surface area contributed by atoms with E-state index in [-0.39, 0.29) is 11.5 Å². The zero-order valence-electron chi connectivity index (χ0n) is 9.52. The number of hydrogen-bond acceptors (Lipinski definition) is 3. The van der Waals surface area contributed by atoms with Crippen LogP contribution in [0.2, 0.25) is 0 Å². The average Bonchev–Trinajstić information content (AvgIpc) is 2.57. The molecule has 4 nitrogen and oxygen atoms in total. The first kappa shape index (κ1) is 10.3. The number of fused-ring (bicyclic) bond motifs is 2. The number of hydroxylamine groups is 2. The van der Waals surface area contributed by atoms with Crippen molar-refractivity contribution in [1.29, 1.82) is 0 Å². The summed E-state index contributed by atoms with van der Waals surface area (Å²) in [5, 5.41) is 1.49. The van der Waals surface area contributed by atoms with Crippen LogP contribution < -0.4 is 0 Å². The second-order valence-electron chi connectivity index (χ2n) is 5.13. The van der Waals surface area contributed by atoms with Crippen LogP contribution in [0.1, 0.15) is 19.3 Å². The number of amides is 1. The van der Waals surface area contributed by atoms with Gasteiger partial charge in [0.1, 0.15) is 5.60 Å². The first-order valence-electron chi connectivity index (χ1n) is 6.06. The molecule has 0 aromatic heterocycles. The number of nitrogens with zero attached hydrogens (tertiary/aromatic N) is 2. The van der Waals surface area contributed by atoms with Gasteiger partial charge in [0, 0.05) is 6.54 Å². The maximum atomic E-state index is 11.8. The van der Waals surface area contributed by atoms with E-state index in [1.54, 1.807) is 6.08 Å². The molecule has 4 heterocycles. The van der Waals surface area contributed by atoms with Crippen LogP contribution in [0.4, 0.5) is 0 Å². The molecule has 16 heavy (non-hydrogen) atoms. The van der Waals surface area contributed by atoms with Gasteiger partial charge in [-0.05, 0) is 31.8 Å². The van der Waals surface area contributed by atoms with Crippen LogP contribution in [-0.4, -0.2) is 47.7 Å². The third-order valence-electron chi connectivity index (χ3n) is 4.14. The molecule has 4 aliphatic heterocycles. The molecule has 88 valence electrons. The van der Waals surface area contributed by atoms with Crippen molar-refractivity contribution in [2.75, 3.05) is 26.2 Å². The highest BCUT2D eigenvalue weighted by molar-refractivity contribution is 5.78. The van der Waals surface area contributed by atoms with Crippen LogP contribution in [0.5, 0.6) is 0 Å². The Labute approximate surface area is 95.8 Å². The normalized spacial score (nSPS) is 42.0. The summed E-state index contributed by atoms with van der Waals surface area (Å²) in [4.78, 5) is 20.2. The summed E-state index contributed by atoms with van der Waals surface area (Å²) < 4.78 is 0. The van der Waals surface area contributed by atoms with Gasteiger partial charge in [0.25, 0.3) is 0 Å². The van der Waals surface area contributed by atoms with Crippen molar-refractivity contribution in [2.24, 2.45) is 5.92 Å². The Morgan fingerprint density at radius 3 is 2.81 bits per heavy atom. The van der Waals surface area contributed by atoms with Gasteiger partial charge in [0.2, 0.25) is 5.91 Å². The van der Waals surface area contributed by atoms with Crippen molar-refractivity contribution in [2.45, 2.75) is 24.9 Å². The fraction of sp³-hybridized carbons (Fsp3) is 0.750. The second-order valence-corrected chi connectivity index (χ2v) is 5.13. The van der Waals surface area contributed by atoms with E-state index in [1.165, 1.54) is 31.0 Å². The molecule has 1 atom stereocenters. The summed E-state index contributed by atoms with van der Waals surface area (Å²) in [5.41, 5.74) is -0.212. The molecule has 0 saturated carbocycles. The Morgan fingerprint density at radius 1 is 1.50 bits per heavy atom. The molecule has 2 bridgehead atoms. The molecule has 4 fully saturated rings. The average molecular weight is 222 g/mol. The van der Waals surface area contributed by atoms with Crippen molar-refractivity contribution >= 4 is 5.91 Å². The summed E-state index contributed by atoms with van der Waals surface area (Å²) in [6, 6.07) is 0. The van der Waals surface area contributed by atoms with E-state index in [0.717, 1.165) is 6.54 Å². The Hall–Kier alpha value is -0.870. The largest absolute Gasteiger partial charge is 0.300 e. The molecule has 4 rings (SSSR count). The van der Waals surface area contributed by atoms with Crippen LogP contribution in [0.3, 0.4) is 0 Å². The maximum Gasteiger partial charge on any atom is 0.249 e. The Morgan fingerprint density at radius 2 is 2.25 bits per heavy atom. The van der Waals surface area contributed by atoms with Crippen molar-refractivity contribution in [3.8, 4) is 0 Å². The van der Waals surface area contributed by atoms with Crippen LogP contribution in [-0.2, 0) is 9.63 Å². The Balaban J connectivity index is 1.80. The van der Waals surface area contributed by atoms with E-state index in [0.29, 0.717) is 18.9 Å². The molecular formula is C12H18N2O2. The highest BCUT2D eigenvalue weighted by Gasteiger charge is 2.54.